The Bertz CT molecular complexity index is 303. The number of hydrogen-bond donors (Lipinski definition) is 3. The Morgan fingerprint density at radius 3 is 1.95 bits per heavy atom. The van der Waals surface area contributed by atoms with Gasteiger partial charge < -0.3 is 16.8 Å². The number of nitrogens with two attached hydrogens (primary N) is 2. The van der Waals surface area contributed by atoms with E-state index in [1.54, 1.807) is 7.05 Å². The lowest BCUT2D eigenvalue weighted by Gasteiger charge is -2.08. The number of rotatable bonds is 10. The van der Waals surface area contributed by atoms with Crippen molar-refractivity contribution in [2.45, 2.75) is 57.5 Å². The van der Waals surface area contributed by atoms with Crippen LogP contribution in [0.25, 0.3) is 0 Å². The van der Waals surface area contributed by atoms with Crippen LogP contribution in [0, 0.1) is 0 Å². The number of amides is 1. The van der Waals surface area contributed by atoms with Crippen LogP contribution in [0.1, 0.15) is 45.4 Å². The molecule has 0 saturated carbocycles. The third-order valence-corrected chi connectivity index (χ3v) is 3.04. The Hall–Kier alpha value is -1.20. The lowest BCUT2D eigenvalue weighted by molar-refractivity contribution is -0.122. The minimum absolute atomic E-state index is 0.0483. The van der Waals surface area contributed by atoms with Crippen molar-refractivity contribution in [1.29, 1.82) is 0 Å². The first kappa shape index (κ1) is 17.8. The summed E-state index contributed by atoms with van der Waals surface area (Å²) in [5, 5.41) is 2.53. The first-order chi connectivity index (χ1) is 8.99. The molecule has 0 bridgehead atoms. The molecule has 0 aliphatic carbocycles. The monoisotopic (exact) mass is 269 g/mol. The average molecular weight is 269 g/mol. The minimum Gasteiger partial charge on any atom is -0.358 e. The molecule has 0 heterocycles. The lowest BCUT2D eigenvalue weighted by Crippen LogP contribution is -2.38. The topological polar surface area (TPSA) is 98.2 Å². The fraction of sp³-hybridized carbons (Fsp3) is 0.714. The van der Waals surface area contributed by atoms with Gasteiger partial charge in [-0.05, 0) is 45.4 Å². The van der Waals surface area contributed by atoms with Gasteiger partial charge in [-0.3, -0.25) is 9.59 Å². The van der Waals surface area contributed by atoms with Gasteiger partial charge in [0.05, 0.1) is 12.1 Å². The van der Waals surface area contributed by atoms with E-state index >= 15 is 0 Å². The van der Waals surface area contributed by atoms with Crippen LogP contribution in [0.5, 0.6) is 0 Å². The molecule has 0 aliphatic heterocycles. The smallest absolute Gasteiger partial charge is 0.236 e. The number of carbonyl (C=O) groups excluding carboxylic acids is 2. The van der Waals surface area contributed by atoms with Crippen LogP contribution in [0.2, 0.25) is 0 Å². The van der Waals surface area contributed by atoms with E-state index in [2.05, 4.69) is 17.5 Å². The normalized spacial score (nSPS) is 14.3. The number of unbranched alkanes of at least 4 members (excludes halogenated alkanes) is 2. The Balaban J connectivity index is 3.50. The van der Waals surface area contributed by atoms with Crippen molar-refractivity contribution < 1.29 is 9.59 Å². The molecule has 0 radical (unpaired) electrons. The van der Waals surface area contributed by atoms with Gasteiger partial charge in [0.25, 0.3) is 0 Å². The standard InChI is InChI=1S/C14H27N3O2/c1-11(18)12(15)9-7-5-3-4-6-8-10-13(16)14(19)17-2/h3-4,12-13H,5-10,15-16H2,1-2H3,(H,17,19)/b4-3-. The molecule has 0 fully saturated rings. The quantitative estimate of drug-likeness (QED) is 0.405. The molecule has 0 aromatic rings. The molecule has 0 aliphatic rings. The first-order valence-corrected chi connectivity index (χ1v) is 6.87. The Kier molecular flexibility index (Phi) is 10.0. The number of carbonyl (C=O) groups is 2. The number of likely N-dealkylation sites (N-methyl/N-ethyl adjacent to an activating group) is 1. The SMILES string of the molecule is CNC(=O)C(N)CCC/C=C\CCCC(N)C(C)=O. The summed E-state index contributed by atoms with van der Waals surface area (Å²) in [5.41, 5.74) is 11.3. The highest BCUT2D eigenvalue weighted by atomic mass is 16.2. The van der Waals surface area contributed by atoms with Crippen LogP contribution in [-0.4, -0.2) is 30.8 Å². The molecule has 0 rings (SSSR count). The van der Waals surface area contributed by atoms with Gasteiger partial charge in [0.1, 0.15) is 5.78 Å². The van der Waals surface area contributed by atoms with E-state index in [0.717, 1.165) is 32.1 Å². The molecular formula is C14H27N3O2. The summed E-state index contributed by atoms with van der Waals surface area (Å²) < 4.78 is 0. The molecule has 0 aromatic carbocycles. The number of allylic oxidation sites excluding steroid dienone is 2. The van der Waals surface area contributed by atoms with Gasteiger partial charge in [-0.25, -0.2) is 0 Å². The summed E-state index contributed by atoms with van der Waals surface area (Å²) in [7, 11) is 1.59. The van der Waals surface area contributed by atoms with E-state index in [-0.39, 0.29) is 17.7 Å². The van der Waals surface area contributed by atoms with Crippen molar-refractivity contribution in [3.8, 4) is 0 Å². The fourth-order valence-electron chi connectivity index (χ4n) is 1.67. The zero-order valence-corrected chi connectivity index (χ0v) is 12.0. The summed E-state index contributed by atoms with van der Waals surface area (Å²) in [6.45, 7) is 1.52. The summed E-state index contributed by atoms with van der Waals surface area (Å²) >= 11 is 0. The summed E-state index contributed by atoms with van der Waals surface area (Å²) in [6, 6.07) is -0.731. The van der Waals surface area contributed by atoms with Crippen molar-refractivity contribution in [3.05, 3.63) is 12.2 Å². The van der Waals surface area contributed by atoms with Crippen molar-refractivity contribution in [1.82, 2.24) is 5.32 Å². The molecule has 2 atom stereocenters. The molecule has 0 spiro atoms. The molecule has 0 aromatic heterocycles. The van der Waals surface area contributed by atoms with Crippen molar-refractivity contribution in [3.63, 3.8) is 0 Å². The number of Topliss-reactive ketones (excluding diaryl/α,β-unsaturated/α-hetero) is 1. The zero-order chi connectivity index (χ0) is 14.7. The number of ketones is 1. The van der Waals surface area contributed by atoms with Crippen LogP contribution in [0.15, 0.2) is 12.2 Å². The fourth-order valence-corrected chi connectivity index (χ4v) is 1.67. The van der Waals surface area contributed by atoms with E-state index in [1.807, 2.05) is 0 Å². The molecule has 5 N–H and O–H groups in total. The number of nitrogens with one attached hydrogen (secondary N) is 1. The maximum absolute atomic E-state index is 11.1. The van der Waals surface area contributed by atoms with Gasteiger partial charge in [-0.1, -0.05) is 12.2 Å². The second kappa shape index (κ2) is 10.7. The highest BCUT2D eigenvalue weighted by Crippen LogP contribution is 2.04. The second-order valence-corrected chi connectivity index (χ2v) is 4.77. The van der Waals surface area contributed by atoms with E-state index < -0.39 is 6.04 Å². The van der Waals surface area contributed by atoms with Gasteiger partial charge in [-0.15, -0.1) is 0 Å². The van der Waals surface area contributed by atoms with Crippen molar-refractivity contribution >= 4 is 11.7 Å². The third-order valence-electron chi connectivity index (χ3n) is 3.04. The highest BCUT2D eigenvalue weighted by Gasteiger charge is 2.09. The minimum atomic E-state index is -0.410. The summed E-state index contributed by atoms with van der Waals surface area (Å²) in [4.78, 5) is 22.0. The summed E-state index contributed by atoms with van der Waals surface area (Å²) in [6.07, 6.45) is 9.30. The lowest BCUT2D eigenvalue weighted by atomic mass is 10.1. The van der Waals surface area contributed by atoms with Gasteiger partial charge >= 0.3 is 0 Å². The molecule has 19 heavy (non-hydrogen) atoms. The predicted molar refractivity (Wildman–Crippen MR) is 77.5 cm³/mol. The third kappa shape index (κ3) is 9.39. The molecule has 1 amide bonds. The van der Waals surface area contributed by atoms with Crippen LogP contribution >= 0.6 is 0 Å². The van der Waals surface area contributed by atoms with E-state index in [0.29, 0.717) is 6.42 Å². The second-order valence-electron chi connectivity index (χ2n) is 4.77. The average Bonchev–Trinajstić information content (AvgIpc) is 2.39. The Labute approximate surface area is 115 Å². The maximum atomic E-state index is 11.1. The molecule has 0 saturated heterocycles. The largest absolute Gasteiger partial charge is 0.358 e. The summed E-state index contributed by atoms with van der Waals surface area (Å²) in [5.74, 6) is -0.0608. The zero-order valence-electron chi connectivity index (χ0n) is 12.0. The van der Waals surface area contributed by atoms with E-state index in [1.165, 1.54) is 6.92 Å². The molecule has 2 unspecified atom stereocenters. The highest BCUT2D eigenvalue weighted by molar-refractivity contribution is 5.81. The molecule has 5 heteroatoms. The molecule has 5 nitrogen and oxygen atoms in total. The van der Waals surface area contributed by atoms with Gasteiger partial charge in [0.15, 0.2) is 0 Å². The van der Waals surface area contributed by atoms with Gasteiger partial charge in [0.2, 0.25) is 5.91 Å². The van der Waals surface area contributed by atoms with E-state index in [9.17, 15) is 9.59 Å². The van der Waals surface area contributed by atoms with Gasteiger partial charge in [-0.2, -0.15) is 0 Å². The van der Waals surface area contributed by atoms with E-state index in [4.69, 9.17) is 11.5 Å². The Morgan fingerprint density at radius 1 is 1.05 bits per heavy atom. The maximum Gasteiger partial charge on any atom is 0.236 e. The predicted octanol–water partition coefficient (Wildman–Crippen LogP) is 0.873. The molecular weight excluding hydrogens is 242 g/mol. The van der Waals surface area contributed by atoms with Crippen molar-refractivity contribution in [2.24, 2.45) is 11.5 Å². The van der Waals surface area contributed by atoms with Crippen LogP contribution in [-0.2, 0) is 9.59 Å². The van der Waals surface area contributed by atoms with Crippen molar-refractivity contribution in [2.75, 3.05) is 7.05 Å². The number of hydrogen-bond acceptors (Lipinski definition) is 4. The molecule has 110 valence electrons. The van der Waals surface area contributed by atoms with Crippen LogP contribution < -0.4 is 16.8 Å². The van der Waals surface area contributed by atoms with Crippen LogP contribution in [0.3, 0.4) is 0 Å². The Morgan fingerprint density at radius 2 is 1.53 bits per heavy atom. The van der Waals surface area contributed by atoms with Crippen LogP contribution in [0.4, 0.5) is 0 Å². The first-order valence-electron chi connectivity index (χ1n) is 6.87. The van der Waals surface area contributed by atoms with Gasteiger partial charge in [0, 0.05) is 7.05 Å².